The van der Waals surface area contributed by atoms with Crippen LogP contribution >= 0.6 is 27.5 Å². The van der Waals surface area contributed by atoms with Crippen LogP contribution in [0, 0.1) is 5.82 Å². The third-order valence-corrected chi connectivity index (χ3v) is 5.69. The maximum atomic E-state index is 13.3. The quantitative estimate of drug-likeness (QED) is 0.466. The van der Waals surface area contributed by atoms with E-state index in [9.17, 15) is 14.0 Å². The number of carbonyl (C=O) groups is 2. The Kier molecular flexibility index (Phi) is 9.78. The summed E-state index contributed by atoms with van der Waals surface area (Å²) in [5, 5.41) is 3.31. The first-order valence-corrected chi connectivity index (χ1v) is 11.3. The lowest BCUT2D eigenvalue weighted by Gasteiger charge is -2.31. The lowest BCUT2D eigenvalue weighted by Crippen LogP contribution is -2.51. The van der Waals surface area contributed by atoms with Gasteiger partial charge in [-0.15, -0.1) is 0 Å². The molecule has 1 N–H and O–H groups in total. The van der Waals surface area contributed by atoms with E-state index in [1.54, 1.807) is 30.3 Å². The van der Waals surface area contributed by atoms with Gasteiger partial charge in [0.1, 0.15) is 17.6 Å². The molecule has 0 bridgehead atoms. The smallest absolute Gasteiger partial charge is 0.261 e. The van der Waals surface area contributed by atoms with Crippen LogP contribution in [0.15, 0.2) is 46.9 Å². The van der Waals surface area contributed by atoms with Crippen LogP contribution in [0.1, 0.15) is 39.2 Å². The van der Waals surface area contributed by atoms with E-state index < -0.39 is 6.04 Å². The number of nitrogens with zero attached hydrogens (tertiary/aromatic N) is 1. The van der Waals surface area contributed by atoms with Crippen LogP contribution in [0.25, 0.3) is 0 Å². The standard InChI is InChI=1S/C23H27BrClFN2O3/c1-4-15(3)27-23(30)20(5-2)28(13-16-6-9-18(26)10-7-16)22(29)14-31-21-11-8-17(24)12-19(21)25/h6-12,15,20H,4-5,13-14H2,1-3H3,(H,27,30)/t15-,20-/m0/s1. The number of nitrogens with one attached hydrogen (secondary N) is 1. The Morgan fingerprint density at radius 3 is 2.42 bits per heavy atom. The summed E-state index contributed by atoms with van der Waals surface area (Å²) in [6, 6.07) is 10.3. The van der Waals surface area contributed by atoms with Crippen molar-refractivity contribution < 1.29 is 18.7 Å². The fourth-order valence-corrected chi connectivity index (χ4v) is 3.69. The number of amides is 2. The summed E-state index contributed by atoms with van der Waals surface area (Å²) in [6.45, 7) is 5.61. The minimum atomic E-state index is -0.685. The van der Waals surface area contributed by atoms with Gasteiger partial charge in [0.25, 0.3) is 5.91 Å². The number of carbonyl (C=O) groups excluding carboxylic acids is 2. The summed E-state index contributed by atoms with van der Waals surface area (Å²) >= 11 is 9.50. The van der Waals surface area contributed by atoms with Gasteiger partial charge < -0.3 is 15.0 Å². The Bertz CT molecular complexity index is 895. The zero-order valence-corrected chi connectivity index (χ0v) is 20.2. The van der Waals surface area contributed by atoms with Crippen LogP contribution in [0.3, 0.4) is 0 Å². The van der Waals surface area contributed by atoms with E-state index in [0.29, 0.717) is 22.8 Å². The van der Waals surface area contributed by atoms with E-state index in [2.05, 4.69) is 21.2 Å². The number of benzene rings is 2. The highest BCUT2D eigenvalue weighted by Gasteiger charge is 2.29. The second-order valence-corrected chi connectivity index (χ2v) is 8.58. The molecule has 0 fully saturated rings. The molecule has 2 atom stereocenters. The largest absolute Gasteiger partial charge is 0.482 e. The van der Waals surface area contributed by atoms with Crippen LogP contribution in [0.5, 0.6) is 5.75 Å². The van der Waals surface area contributed by atoms with E-state index in [-0.39, 0.29) is 36.8 Å². The normalized spacial score (nSPS) is 12.7. The first kappa shape index (κ1) is 25.1. The second kappa shape index (κ2) is 12.1. The lowest BCUT2D eigenvalue weighted by atomic mass is 10.1. The van der Waals surface area contributed by atoms with E-state index in [4.69, 9.17) is 16.3 Å². The Labute approximate surface area is 196 Å². The maximum Gasteiger partial charge on any atom is 0.261 e. The first-order chi connectivity index (χ1) is 14.7. The van der Waals surface area contributed by atoms with Crippen molar-refractivity contribution >= 4 is 39.3 Å². The molecule has 0 aliphatic heterocycles. The van der Waals surface area contributed by atoms with Gasteiger partial charge in [0.2, 0.25) is 5.91 Å². The lowest BCUT2D eigenvalue weighted by molar-refractivity contribution is -0.143. The van der Waals surface area contributed by atoms with Gasteiger partial charge in [0.05, 0.1) is 5.02 Å². The highest BCUT2D eigenvalue weighted by molar-refractivity contribution is 9.10. The maximum absolute atomic E-state index is 13.3. The van der Waals surface area contributed by atoms with Crippen LogP contribution in [-0.4, -0.2) is 35.4 Å². The van der Waals surface area contributed by atoms with Crippen LogP contribution in [0.2, 0.25) is 5.02 Å². The SMILES string of the molecule is CC[C@H](C)NC(=O)[C@H](CC)N(Cc1ccc(F)cc1)C(=O)COc1ccc(Br)cc1Cl. The van der Waals surface area contributed by atoms with Gasteiger partial charge in [-0.1, -0.05) is 53.5 Å². The average molecular weight is 514 g/mol. The third kappa shape index (κ3) is 7.51. The molecule has 2 aromatic rings. The van der Waals surface area contributed by atoms with Crippen molar-refractivity contribution in [3.63, 3.8) is 0 Å². The highest BCUT2D eigenvalue weighted by atomic mass is 79.9. The van der Waals surface area contributed by atoms with E-state index >= 15 is 0 Å². The zero-order chi connectivity index (χ0) is 23.0. The first-order valence-electron chi connectivity index (χ1n) is 10.2. The van der Waals surface area contributed by atoms with Crippen LogP contribution < -0.4 is 10.1 Å². The molecule has 168 valence electrons. The van der Waals surface area contributed by atoms with Gasteiger partial charge in [0, 0.05) is 17.1 Å². The van der Waals surface area contributed by atoms with Gasteiger partial charge in [-0.25, -0.2) is 4.39 Å². The Balaban J connectivity index is 2.22. The number of ether oxygens (including phenoxy) is 1. The molecule has 8 heteroatoms. The van der Waals surface area contributed by atoms with E-state index in [0.717, 1.165) is 10.9 Å². The Hall–Kier alpha value is -2.12. The molecule has 0 aliphatic rings. The molecule has 5 nitrogen and oxygen atoms in total. The summed E-state index contributed by atoms with van der Waals surface area (Å²) < 4.78 is 19.7. The molecule has 0 radical (unpaired) electrons. The van der Waals surface area contributed by atoms with Crippen molar-refractivity contribution in [3.05, 3.63) is 63.3 Å². The zero-order valence-electron chi connectivity index (χ0n) is 17.8. The van der Waals surface area contributed by atoms with Crippen molar-refractivity contribution in [1.29, 1.82) is 0 Å². The second-order valence-electron chi connectivity index (χ2n) is 7.25. The number of hydrogen-bond donors (Lipinski definition) is 1. The molecule has 0 unspecified atom stereocenters. The molecule has 0 aliphatic carbocycles. The van der Waals surface area contributed by atoms with Crippen molar-refractivity contribution in [3.8, 4) is 5.75 Å². The van der Waals surface area contributed by atoms with Crippen molar-refractivity contribution in [1.82, 2.24) is 10.2 Å². The molecule has 0 aromatic heterocycles. The van der Waals surface area contributed by atoms with Gasteiger partial charge in [0.15, 0.2) is 6.61 Å². The topological polar surface area (TPSA) is 58.6 Å². The van der Waals surface area contributed by atoms with Crippen molar-refractivity contribution in [2.24, 2.45) is 0 Å². The molecule has 2 aromatic carbocycles. The fourth-order valence-electron chi connectivity index (χ4n) is 2.96. The molecule has 0 saturated heterocycles. The van der Waals surface area contributed by atoms with Gasteiger partial charge >= 0.3 is 0 Å². The Morgan fingerprint density at radius 1 is 1.16 bits per heavy atom. The summed E-state index contributed by atoms with van der Waals surface area (Å²) in [6.07, 6.45) is 1.20. The summed E-state index contributed by atoms with van der Waals surface area (Å²) in [5.41, 5.74) is 0.714. The van der Waals surface area contributed by atoms with Gasteiger partial charge in [-0.05, 0) is 55.7 Å². The van der Waals surface area contributed by atoms with E-state index in [1.165, 1.54) is 17.0 Å². The monoisotopic (exact) mass is 512 g/mol. The minimum Gasteiger partial charge on any atom is -0.482 e. The minimum absolute atomic E-state index is 0.0119. The summed E-state index contributed by atoms with van der Waals surface area (Å²) in [5.74, 6) is -0.586. The summed E-state index contributed by atoms with van der Waals surface area (Å²) in [7, 11) is 0. The molecular formula is C23H27BrClFN2O3. The highest BCUT2D eigenvalue weighted by Crippen LogP contribution is 2.28. The fraction of sp³-hybridized carbons (Fsp3) is 0.391. The molecule has 0 spiro atoms. The molecule has 0 heterocycles. The van der Waals surface area contributed by atoms with Gasteiger partial charge in [-0.3, -0.25) is 9.59 Å². The molecule has 2 rings (SSSR count). The average Bonchev–Trinajstić information content (AvgIpc) is 2.74. The Morgan fingerprint density at radius 2 is 1.84 bits per heavy atom. The molecule has 31 heavy (non-hydrogen) atoms. The predicted octanol–water partition coefficient (Wildman–Crippen LogP) is 5.34. The number of rotatable bonds is 10. The molecule has 2 amide bonds. The summed E-state index contributed by atoms with van der Waals surface area (Å²) in [4.78, 5) is 27.5. The number of hydrogen-bond acceptors (Lipinski definition) is 3. The van der Waals surface area contributed by atoms with Crippen molar-refractivity contribution in [2.75, 3.05) is 6.61 Å². The van der Waals surface area contributed by atoms with Crippen molar-refractivity contribution in [2.45, 2.75) is 52.2 Å². The van der Waals surface area contributed by atoms with Gasteiger partial charge in [-0.2, -0.15) is 0 Å². The molecular weight excluding hydrogens is 487 g/mol. The van der Waals surface area contributed by atoms with Crippen LogP contribution in [0.4, 0.5) is 4.39 Å². The van der Waals surface area contributed by atoms with Crippen LogP contribution in [-0.2, 0) is 16.1 Å². The third-order valence-electron chi connectivity index (χ3n) is 4.90. The molecule has 0 saturated carbocycles. The predicted molar refractivity (Wildman–Crippen MR) is 124 cm³/mol. The number of halogens is 3. The van der Waals surface area contributed by atoms with E-state index in [1.807, 2.05) is 20.8 Å².